The SMILES string of the molecule is CC(F)(I)Oc1ccc(NC(=O)NC2CCC(Oc3ccc(C(=O)NO)cc3)CC2)cc1. The molecule has 1 aliphatic rings. The molecule has 1 unspecified atom stereocenters. The Bertz CT molecular complexity index is 911. The monoisotopic (exact) mass is 557 g/mol. The zero-order valence-corrected chi connectivity index (χ0v) is 19.6. The van der Waals surface area contributed by atoms with E-state index in [0.29, 0.717) is 22.7 Å². The van der Waals surface area contributed by atoms with Crippen LogP contribution in [0.4, 0.5) is 14.9 Å². The summed E-state index contributed by atoms with van der Waals surface area (Å²) in [6, 6.07) is 12.8. The summed E-state index contributed by atoms with van der Waals surface area (Å²) in [5.74, 6) is 0.450. The zero-order chi connectivity index (χ0) is 23.1. The Labute approximate surface area is 199 Å². The Hall–Kier alpha value is -2.60. The standard InChI is InChI=1S/C22H25FIN3O5/c1-22(23,24)32-19-12-6-16(7-13-19)26-21(29)25-15-4-10-18(11-5-15)31-17-8-2-14(3-9-17)20(28)27-30/h2-3,6-9,12-13,15,18,30H,4-5,10-11H2,1H3,(H,27,28)(H2,25,26,29). The number of amides is 3. The van der Waals surface area contributed by atoms with Gasteiger partial charge in [-0.05, 0) is 74.2 Å². The Kier molecular flexibility index (Phi) is 8.13. The number of benzene rings is 2. The third kappa shape index (κ3) is 7.52. The van der Waals surface area contributed by atoms with Crippen LogP contribution in [-0.2, 0) is 0 Å². The van der Waals surface area contributed by atoms with Crippen molar-refractivity contribution in [1.29, 1.82) is 0 Å². The minimum absolute atomic E-state index is 0.0280. The highest BCUT2D eigenvalue weighted by atomic mass is 127. The lowest BCUT2D eigenvalue weighted by Gasteiger charge is -2.29. The van der Waals surface area contributed by atoms with Gasteiger partial charge >= 0.3 is 6.03 Å². The highest BCUT2D eigenvalue weighted by Crippen LogP contribution is 2.27. The molecule has 10 heteroatoms. The van der Waals surface area contributed by atoms with Gasteiger partial charge in [-0.2, -0.15) is 4.39 Å². The van der Waals surface area contributed by atoms with E-state index in [1.807, 2.05) is 0 Å². The van der Waals surface area contributed by atoms with Crippen LogP contribution in [0, 0.1) is 0 Å². The van der Waals surface area contributed by atoms with Crippen LogP contribution in [0.25, 0.3) is 0 Å². The molecule has 4 N–H and O–H groups in total. The van der Waals surface area contributed by atoms with Gasteiger partial charge in [0.05, 0.1) is 6.10 Å². The van der Waals surface area contributed by atoms with E-state index >= 15 is 0 Å². The van der Waals surface area contributed by atoms with Crippen LogP contribution in [-0.4, -0.2) is 33.2 Å². The quantitative estimate of drug-likeness (QED) is 0.170. The molecule has 32 heavy (non-hydrogen) atoms. The van der Waals surface area contributed by atoms with Gasteiger partial charge in [0.25, 0.3) is 9.77 Å². The van der Waals surface area contributed by atoms with E-state index < -0.39 is 9.77 Å². The van der Waals surface area contributed by atoms with E-state index in [2.05, 4.69) is 10.6 Å². The number of carbonyl (C=O) groups is 2. The molecule has 1 saturated carbocycles. The fourth-order valence-electron chi connectivity index (χ4n) is 3.43. The Morgan fingerprint density at radius 1 is 1.03 bits per heavy atom. The lowest BCUT2D eigenvalue weighted by atomic mass is 9.93. The molecule has 172 valence electrons. The second-order valence-electron chi connectivity index (χ2n) is 7.59. The minimum atomic E-state index is -1.80. The van der Waals surface area contributed by atoms with Gasteiger partial charge in [-0.3, -0.25) is 10.0 Å². The van der Waals surface area contributed by atoms with E-state index in [-0.39, 0.29) is 18.2 Å². The molecule has 1 fully saturated rings. The highest BCUT2D eigenvalue weighted by molar-refractivity contribution is 14.1. The van der Waals surface area contributed by atoms with Gasteiger partial charge in [0, 0.05) is 46.8 Å². The predicted octanol–water partition coefficient (Wildman–Crippen LogP) is 4.77. The number of urea groups is 1. The van der Waals surface area contributed by atoms with Crippen molar-refractivity contribution in [2.45, 2.75) is 48.6 Å². The second kappa shape index (κ2) is 10.8. The van der Waals surface area contributed by atoms with Crippen LogP contribution in [0.3, 0.4) is 0 Å². The summed E-state index contributed by atoms with van der Waals surface area (Å²) in [6.07, 6.45) is 3.16. The van der Waals surface area contributed by atoms with Crippen molar-refractivity contribution in [1.82, 2.24) is 10.8 Å². The van der Waals surface area contributed by atoms with Crippen LogP contribution >= 0.6 is 22.6 Å². The van der Waals surface area contributed by atoms with Crippen molar-refractivity contribution in [3.05, 3.63) is 54.1 Å². The van der Waals surface area contributed by atoms with Crippen molar-refractivity contribution in [3.63, 3.8) is 0 Å². The van der Waals surface area contributed by atoms with E-state index in [9.17, 15) is 14.0 Å². The molecular formula is C22H25FIN3O5. The van der Waals surface area contributed by atoms with Crippen LogP contribution in [0.15, 0.2) is 48.5 Å². The Morgan fingerprint density at radius 2 is 1.62 bits per heavy atom. The average Bonchev–Trinajstić information content (AvgIpc) is 2.75. The first-order chi connectivity index (χ1) is 15.2. The van der Waals surface area contributed by atoms with E-state index in [0.717, 1.165) is 25.7 Å². The van der Waals surface area contributed by atoms with Gasteiger partial charge in [-0.1, -0.05) is 0 Å². The molecule has 3 amide bonds. The van der Waals surface area contributed by atoms with Gasteiger partial charge in [0.15, 0.2) is 0 Å². The molecule has 0 spiro atoms. The molecule has 2 aromatic carbocycles. The molecular weight excluding hydrogens is 532 g/mol. The Morgan fingerprint density at radius 3 is 2.19 bits per heavy atom. The molecule has 0 saturated heterocycles. The molecule has 1 atom stereocenters. The first-order valence-electron chi connectivity index (χ1n) is 10.2. The maximum absolute atomic E-state index is 13.5. The van der Waals surface area contributed by atoms with Crippen LogP contribution in [0.1, 0.15) is 43.0 Å². The summed E-state index contributed by atoms with van der Waals surface area (Å²) in [4.78, 5) is 23.6. The molecule has 0 aliphatic heterocycles. The molecule has 0 radical (unpaired) electrons. The van der Waals surface area contributed by atoms with Crippen molar-refractivity contribution in [2.75, 3.05) is 5.32 Å². The molecule has 2 aromatic rings. The lowest BCUT2D eigenvalue weighted by Crippen LogP contribution is -2.41. The van der Waals surface area contributed by atoms with Gasteiger partial charge in [-0.15, -0.1) is 0 Å². The summed E-state index contributed by atoms with van der Waals surface area (Å²) < 4.78 is 22.8. The second-order valence-corrected chi connectivity index (χ2v) is 9.52. The summed E-state index contributed by atoms with van der Waals surface area (Å²) in [7, 11) is 0. The largest absolute Gasteiger partial charge is 0.490 e. The third-order valence-corrected chi connectivity index (χ3v) is 5.16. The average molecular weight is 557 g/mol. The lowest BCUT2D eigenvalue weighted by molar-refractivity contribution is 0.0672. The van der Waals surface area contributed by atoms with Gasteiger partial charge in [-0.25, -0.2) is 10.3 Å². The Balaban J connectivity index is 1.40. The number of anilines is 1. The molecule has 1 aliphatic carbocycles. The number of hydrogen-bond acceptors (Lipinski definition) is 5. The van der Waals surface area contributed by atoms with Crippen molar-refractivity contribution < 1.29 is 28.7 Å². The number of carbonyl (C=O) groups excluding carboxylic acids is 2. The number of hydrogen-bond donors (Lipinski definition) is 4. The zero-order valence-electron chi connectivity index (χ0n) is 17.4. The summed E-state index contributed by atoms with van der Waals surface area (Å²) in [5, 5.41) is 14.4. The molecule has 3 rings (SSSR count). The van der Waals surface area contributed by atoms with Crippen LogP contribution < -0.4 is 25.6 Å². The first-order valence-corrected chi connectivity index (χ1v) is 11.3. The van der Waals surface area contributed by atoms with E-state index in [4.69, 9.17) is 14.7 Å². The molecule has 8 nitrogen and oxygen atoms in total. The number of halogens is 2. The third-order valence-electron chi connectivity index (χ3n) is 4.94. The van der Waals surface area contributed by atoms with Crippen LogP contribution in [0.2, 0.25) is 0 Å². The van der Waals surface area contributed by atoms with E-state index in [1.165, 1.54) is 6.92 Å². The number of rotatable bonds is 7. The fourth-order valence-corrected chi connectivity index (χ4v) is 3.69. The van der Waals surface area contributed by atoms with Gasteiger partial charge in [0.2, 0.25) is 0 Å². The summed E-state index contributed by atoms with van der Waals surface area (Å²) in [6.45, 7) is 1.31. The van der Waals surface area contributed by atoms with Gasteiger partial charge < -0.3 is 20.1 Å². The predicted molar refractivity (Wildman–Crippen MR) is 125 cm³/mol. The molecule has 0 aromatic heterocycles. The topological polar surface area (TPSA) is 109 Å². The number of ether oxygens (including phenoxy) is 2. The molecule has 0 bridgehead atoms. The van der Waals surface area contributed by atoms with E-state index in [1.54, 1.807) is 76.6 Å². The normalized spacial score (nSPS) is 19.9. The fraction of sp³-hybridized carbons (Fsp3) is 0.364. The summed E-state index contributed by atoms with van der Waals surface area (Å²) in [5.41, 5.74) is 2.51. The van der Waals surface area contributed by atoms with Crippen LogP contribution in [0.5, 0.6) is 11.5 Å². The number of hydroxylamine groups is 1. The first kappa shape index (κ1) is 24.1. The minimum Gasteiger partial charge on any atom is -0.490 e. The maximum Gasteiger partial charge on any atom is 0.319 e. The maximum atomic E-state index is 13.5. The number of alkyl halides is 2. The molecule has 0 heterocycles. The highest BCUT2D eigenvalue weighted by Gasteiger charge is 2.24. The smallest absolute Gasteiger partial charge is 0.319 e. The van der Waals surface area contributed by atoms with Crippen molar-refractivity contribution in [3.8, 4) is 11.5 Å². The van der Waals surface area contributed by atoms with Crippen molar-refractivity contribution >= 4 is 40.2 Å². The van der Waals surface area contributed by atoms with Gasteiger partial charge in [0.1, 0.15) is 11.5 Å². The van der Waals surface area contributed by atoms with Crippen molar-refractivity contribution in [2.24, 2.45) is 0 Å². The summed E-state index contributed by atoms with van der Waals surface area (Å²) >= 11 is 1.55. The number of nitrogens with one attached hydrogen (secondary N) is 3.